The molecule has 0 fully saturated rings. The van der Waals surface area contributed by atoms with E-state index in [9.17, 15) is 4.79 Å². The number of carbonyl (C=O) groups excluding carboxylic acids is 1. The van der Waals surface area contributed by atoms with E-state index in [4.69, 9.17) is 11.6 Å². The number of rotatable bonds is 3. The Morgan fingerprint density at radius 2 is 2.11 bits per heavy atom. The van der Waals surface area contributed by atoms with E-state index < -0.39 is 0 Å². The zero-order valence-corrected chi connectivity index (χ0v) is 11.3. The van der Waals surface area contributed by atoms with Crippen LogP contribution >= 0.6 is 23.4 Å². The number of halogens is 1. The fourth-order valence-corrected chi connectivity index (χ4v) is 2.21. The first-order valence-corrected chi connectivity index (χ1v) is 6.87. The van der Waals surface area contributed by atoms with Crippen LogP contribution in [0, 0.1) is 0 Å². The first-order valence-electron chi connectivity index (χ1n) is 5.26. The van der Waals surface area contributed by atoms with E-state index >= 15 is 0 Å². The number of nitrogens with one attached hydrogen (secondary N) is 1. The van der Waals surface area contributed by atoms with Gasteiger partial charge < -0.3 is 5.32 Å². The predicted molar refractivity (Wildman–Crippen MR) is 75.4 cm³/mol. The van der Waals surface area contributed by atoms with Crippen molar-refractivity contribution in [3.8, 4) is 0 Å². The van der Waals surface area contributed by atoms with Crippen LogP contribution < -0.4 is 5.32 Å². The summed E-state index contributed by atoms with van der Waals surface area (Å²) in [6.07, 6.45) is 3.48. The van der Waals surface area contributed by atoms with Gasteiger partial charge in [-0.15, -0.1) is 11.8 Å². The zero-order chi connectivity index (χ0) is 13.0. The third-order valence-electron chi connectivity index (χ3n) is 2.34. The Balaban J connectivity index is 2.21. The summed E-state index contributed by atoms with van der Waals surface area (Å²) in [7, 11) is 0. The first kappa shape index (κ1) is 12.9. The summed E-state index contributed by atoms with van der Waals surface area (Å²) < 4.78 is 0. The maximum absolute atomic E-state index is 12.0. The lowest BCUT2D eigenvalue weighted by Gasteiger charge is -2.09. The fourth-order valence-electron chi connectivity index (χ4n) is 1.49. The van der Waals surface area contributed by atoms with Crippen molar-refractivity contribution >= 4 is 35.0 Å². The van der Waals surface area contributed by atoms with Gasteiger partial charge in [0, 0.05) is 16.7 Å². The molecule has 1 heterocycles. The summed E-state index contributed by atoms with van der Waals surface area (Å²) in [4.78, 5) is 16.9. The number of hydrogen-bond acceptors (Lipinski definition) is 3. The number of nitrogens with zero attached hydrogens (tertiary/aromatic N) is 1. The summed E-state index contributed by atoms with van der Waals surface area (Å²) in [6, 6.07) is 10.8. The van der Waals surface area contributed by atoms with Gasteiger partial charge in [0.1, 0.15) is 5.15 Å². The third-order valence-corrected chi connectivity index (χ3v) is 3.35. The highest BCUT2D eigenvalue weighted by atomic mass is 35.5. The Labute approximate surface area is 115 Å². The molecule has 0 saturated carbocycles. The second-order valence-corrected chi connectivity index (χ2v) is 4.76. The normalized spacial score (nSPS) is 10.1. The zero-order valence-electron chi connectivity index (χ0n) is 9.68. The predicted octanol–water partition coefficient (Wildman–Crippen LogP) is 3.71. The number of aromatic nitrogens is 1. The highest BCUT2D eigenvalue weighted by molar-refractivity contribution is 7.98. The van der Waals surface area contributed by atoms with Crippen molar-refractivity contribution in [3.63, 3.8) is 0 Å². The molecule has 1 amide bonds. The summed E-state index contributed by atoms with van der Waals surface area (Å²) in [5.41, 5.74) is 1.29. The molecule has 1 N–H and O–H groups in total. The van der Waals surface area contributed by atoms with Crippen LogP contribution in [-0.2, 0) is 0 Å². The molecule has 0 radical (unpaired) electrons. The van der Waals surface area contributed by atoms with Gasteiger partial charge in [-0.05, 0) is 30.5 Å². The first-order chi connectivity index (χ1) is 8.70. The molecule has 0 atom stereocenters. The molecule has 1 aromatic heterocycles. The van der Waals surface area contributed by atoms with Crippen LogP contribution in [0.2, 0.25) is 5.15 Å². The van der Waals surface area contributed by atoms with E-state index in [-0.39, 0.29) is 5.91 Å². The van der Waals surface area contributed by atoms with Gasteiger partial charge in [-0.1, -0.05) is 23.7 Å². The fraction of sp³-hybridized carbons (Fsp3) is 0.0769. The van der Waals surface area contributed by atoms with Crippen molar-refractivity contribution in [3.05, 3.63) is 53.3 Å². The molecule has 92 valence electrons. The molecule has 0 aliphatic heterocycles. The molecule has 5 heteroatoms. The van der Waals surface area contributed by atoms with Crippen LogP contribution in [0.1, 0.15) is 10.4 Å². The molecule has 0 saturated heterocycles. The molecule has 0 aliphatic rings. The SMILES string of the molecule is CSc1ccccc1NC(=O)c1ccnc(Cl)c1. The van der Waals surface area contributed by atoms with Crippen LogP contribution in [0.5, 0.6) is 0 Å². The molecule has 0 aliphatic carbocycles. The molecule has 18 heavy (non-hydrogen) atoms. The summed E-state index contributed by atoms with van der Waals surface area (Å²) in [6.45, 7) is 0. The number of benzene rings is 1. The molecule has 1 aromatic carbocycles. The van der Waals surface area contributed by atoms with Crippen LogP contribution in [0.25, 0.3) is 0 Å². The second kappa shape index (κ2) is 5.89. The molecular weight excluding hydrogens is 268 g/mol. The summed E-state index contributed by atoms with van der Waals surface area (Å²) in [5, 5.41) is 3.17. The standard InChI is InChI=1S/C13H11ClN2OS/c1-18-11-5-3-2-4-10(11)16-13(17)9-6-7-15-12(14)8-9/h2-8H,1H3,(H,16,17). The van der Waals surface area contributed by atoms with Crippen molar-refractivity contribution in [2.24, 2.45) is 0 Å². The number of thioether (sulfide) groups is 1. The minimum Gasteiger partial charge on any atom is -0.321 e. The minimum atomic E-state index is -0.194. The number of carbonyl (C=O) groups is 1. The molecule has 2 aromatic rings. The summed E-state index contributed by atoms with van der Waals surface area (Å²) >= 11 is 7.34. The number of hydrogen-bond donors (Lipinski definition) is 1. The quantitative estimate of drug-likeness (QED) is 0.687. The number of anilines is 1. The van der Waals surface area contributed by atoms with Gasteiger partial charge in [-0.3, -0.25) is 4.79 Å². The third kappa shape index (κ3) is 3.03. The van der Waals surface area contributed by atoms with Gasteiger partial charge >= 0.3 is 0 Å². The number of pyridine rings is 1. The molecule has 0 unspecified atom stereocenters. The second-order valence-electron chi connectivity index (χ2n) is 3.52. The van der Waals surface area contributed by atoms with E-state index in [1.54, 1.807) is 23.9 Å². The van der Waals surface area contributed by atoms with Gasteiger partial charge in [0.15, 0.2) is 0 Å². The highest BCUT2D eigenvalue weighted by Gasteiger charge is 2.09. The van der Waals surface area contributed by atoms with Gasteiger partial charge in [0.25, 0.3) is 5.91 Å². The van der Waals surface area contributed by atoms with Crippen molar-refractivity contribution in [2.75, 3.05) is 11.6 Å². The average Bonchev–Trinajstić information content (AvgIpc) is 2.39. The monoisotopic (exact) mass is 278 g/mol. The Bertz CT molecular complexity index is 574. The van der Waals surface area contributed by atoms with Gasteiger partial charge in [-0.25, -0.2) is 4.98 Å². The van der Waals surface area contributed by atoms with Crippen molar-refractivity contribution < 1.29 is 4.79 Å². The smallest absolute Gasteiger partial charge is 0.255 e. The Kier molecular flexibility index (Phi) is 4.23. The van der Waals surface area contributed by atoms with Crippen LogP contribution in [0.4, 0.5) is 5.69 Å². The van der Waals surface area contributed by atoms with E-state index in [0.717, 1.165) is 10.6 Å². The molecule has 2 rings (SSSR count). The molecule has 0 bridgehead atoms. The maximum atomic E-state index is 12.0. The van der Waals surface area contributed by atoms with Gasteiger partial charge in [-0.2, -0.15) is 0 Å². The van der Waals surface area contributed by atoms with E-state index in [2.05, 4.69) is 10.3 Å². The average molecular weight is 279 g/mol. The molecule has 0 spiro atoms. The van der Waals surface area contributed by atoms with Gasteiger partial charge in [0.2, 0.25) is 0 Å². The van der Waals surface area contributed by atoms with Crippen molar-refractivity contribution in [1.29, 1.82) is 0 Å². The largest absolute Gasteiger partial charge is 0.321 e. The lowest BCUT2D eigenvalue weighted by atomic mass is 10.2. The maximum Gasteiger partial charge on any atom is 0.255 e. The highest BCUT2D eigenvalue weighted by Crippen LogP contribution is 2.25. The van der Waals surface area contributed by atoms with E-state index in [1.165, 1.54) is 6.20 Å². The van der Waals surface area contributed by atoms with E-state index in [1.807, 2.05) is 30.5 Å². The van der Waals surface area contributed by atoms with Crippen LogP contribution in [-0.4, -0.2) is 17.1 Å². The van der Waals surface area contributed by atoms with Gasteiger partial charge in [0.05, 0.1) is 5.69 Å². The van der Waals surface area contributed by atoms with Crippen molar-refractivity contribution in [2.45, 2.75) is 4.90 Å². The molecular formula is C13H11ClN2OS. The topological polar surface area (TPSA) is 42.0 Å². The lowest BCUT2D eigenvalue weighted by Crippen LogP contribution is -2.12. The number of amides is 1. The molecule has 3 nitrogen and oxygen atoms in total. The van der Waals surface area contributed by atoms with Crippen LogP contribution in [0.3, 0.4) is 0 Å². The van der Waals surface area contributed by atoms with Crippen molar-refractivity contribution in [1.82, 2.24) is 4.98 Å². The van der Waals surface area contributed by atoms with E-state index in [0.29, 0.717) is 10.7 Å². The lowest BCUT2D eigenvalue weighted by molar-refractivity contribution is 0.102. The minimum absolute atomic E-state index is 0.194. The Hall–Kier alpha value is -1.52. The number of para-hydroxylation sites is 1. The summed E-state index contributed by atoms with van der Waals surface area (Å²) in [5.74, 6) is -0.194. The van der Waals surface area contributed by atoms with Crippen LogP contribution in [0.15, 0.2) is 47.5 Å². The Morgan fingerprint density at radius 1 is 1.33 bits per heavy atom. The Morgan fingerprint density at radius 3 is 2.83 bits per heavy atom.